The first-order chi connectivity index (χ1) is 13.0. The molecule has 2 aromatic heterocycles. The average molecular weight is 381 g/mol. The van der Waals surface area contributed by atoms with Gasteiger partial charge in [-0.1, -0.05) is 17.7 Å². The van der Waals surface area contributed by atoms with Crippen molar-refractivity contribution in [1.29, 1.82) is 0 Å². The van der Waals surface area contributed by atoms with Gasteiger partial charge in [0.15, 0.2) is 0 Å². The number of likely N-dealkylation sites (N-methyl/N-ethyl adjacent to an activating group) is 1. The smallest absolute Gasteiger partial charge is 0.257 e. The Hall–Kier alpha value is -2.92. The largest absolute Gasteiger partial charge is 0.373 e. The normalized spacial score (nSPS) is 10.5. The lowest BCUT2D eigenvalue weighted by atomic mass is 10.2. The van der Waals surface area contributed by atoms with Crippen molar-refractivity contribution in [3.05, 3.63) is 82.9 Å². The van der Waals surface area contributed by atoms with Gasteiger partial charge in [0.25, 0.3) is 5.91 Å². The Labute approximate surface area is 164 Å². The number of aryl methyl sites for hydroxylation is 1. The third kappa shape index (κ3) is 5.05. The molecule has 1 amide bonds. The van der Waals surface area contributed by atoms with Gasteiger partial charge in [-0.25, -0.2) is 0 Å². The van der Waals surface area contributed by atoms with Crippen LogP contribution in [0.2, 0.25) is 5.02 Å². The zero-order valence-corrected chi connectivity index (χ0v) is 16.1. The van der Waals surface area contributed by atoms with E-state index in [1.54, 1.807) is 30.9 Å². The molecule has 0 bridgehead atoms. The number of nitrogens with zero attached hydrogens (tertiary/aromatic N) is 3. The van der Waals surface area contributed by atoms with Crippen LogP contribution in [0.1, 0.15) is 21.5 Å². The summed E-state index contributed by atoms with van der Waals surface area (Å²) >= 11 is 6.12. The first kappa shape index (κ1) is 18.9. The SMILES string of the molecule is Cc1ccc(NC(=O)c2cncc(N(C)CCc3ccncc3)c2)cc1Cl. The lowest BCUT2D eigenvalue weighted by molar-refractivity contribution is 0.102. The number of nitrogens with one attached hydrogen (secondary N) is 1. The van der Waals surface area contributed by atoms with E-state index >= 15 is 0 Å². The predicted molar refractivity (Wildman–Crippen MR) is 110 cm³/mol. The molecule has 0 aliphatic carbocycles. The molecule has 0 fully saturated rings. The van der Waals surface area contributed by atoms with Crippen molar-refractivity contribution in [2.45, 2.75) is 13.3 Å². The molecule has 5 nitrogen and oxygen atoms in total. The van der Waals surface area contributed by atoms with Gasteiger partial charge in [-0.2, -0.15) is 0 Å². The summed E-state index contributed by atoms with van der Waals surface area (Å²) in [6.07, 6.45) is 7.78. The molecule has 6 heteroatoms. The van der Waals surface area contributed by atoms with Crippen LogP contribution in [0, 0.1) is 6.92 Å². The van der Waals surface area contributed by atoms with Gasteiger partial charge in [0.2, 0.25) is 0 Å². The van der Waals surface area contributed by atoms with Crippen LogP contribution in [0.25, 0.3) is 0 Å². The predicted octanol–water partition coefficient (Wildman–Crippen LogP) is 4.37. The summed E-state index contributed by atoms with van der Waals surface area (Å²) in [7, 11) is 1.99. The van der Waals surface area contributed by atoms with Crippen molar-refractivity contribution in [2.75, 3.05) is 23.8 Å². The third-order valence-corrected chi connectivity index (χ3v) is 4.75. The molecule has 0 aliphatic heterocycles. The molecule has 2 heterocycles. The Morgan fingerprint density at radius 3 is 2.63 bits per heavy atom. The molecule has 27 heavy (non-hydrogen) atoms. The summed E-state index contributed by atoms with van der Waals surface area (Å²) < 4.78 is 0. The number of hydrogen-bond acceptors (Lipinski definition) is 4. The molecular formula is C21H21ClN4O. The van der Waals surface area contributed by atoms with Crippen molar-refractivity contribution < 1.29 is 4.79 Å². The zero-order valence-electron chi connectivity index (χ0n) is 15.3. The fourth-order valence-electron chi connectivity index (χ4n) is 2.61. The number of amides is 1. The highest BCUT2D eigenvalue weighted by Gasteiger charge is 2.10. The summed E-state index contributed by atoms with van der Waals surface area (Å²) in [5.74, 6) is -0.216. The second kappa shape index (κ2) is 8.64. The number of carbonyl (C=O) groups is 1. The minimum Gasteiger partial charge on any atom is -0.373 e. The molecule has 0 aliphatic rings. The molecule has 1 N–H and O–H groups in total. The maximum Gasteiger partial charge on any atom is 0.257 e. The number of carbonyl (C=O) groups excluding carboxylic acids is 1. The van der Waals surface area contributed by atoms with E-state index < -0.39 is 0 Å². The van der Waals surface area contributed by atoms with Crippen LogP contribution >= 0.6 is 11.6 Å². The summed E-state index contributed by atoms with van der Waals surface area (Å²) in [6, 6.07) is 11.3. The van der Waals surface area contributed by atoms with E-state index in [1.165, 1.54) is 5.56 Å². The molecule has 0 saturated carbocycles. The van der Waals surface area contributed by atoms with Crippen LogP contribution in [0.4, 0.5) is 11.4 Å². The second-order valence-corrected chi connectivity index (χ2v) is 6.78. The van der Waals surface area contributed by atoms with Crippen molar-refractivity contribution >= 4 is 28.9 Å². The van der Waals surface area contributed by atoms with Crippen LogP contribution < -0.4 is 10.2 Å². The Morgan fingerprint density at radius 1 is 1.11 bits per heavy atom. The van der Waals surface area contributed by atoms with Gasteiger partial charge in [-0.05, 0) is 54.8 Å². The van der Waals surface area contributed by atoms with Gasteiger partial charge < -0.3 is 10.2 Å². The Balaban J connectivity index is 1.66. The zero-order chi connectivity index (χ0) is 19.2. The van der Waals surface area contributed by atoms with E-state index in [1.807, 2.05) is 44.3 Å². The highest BCUT2D eigenvalue weighted by Crippen LogP contribution is 2.21. The lowest BCUT2D eigenvalue weighted by Gasteiger charge is -2.19. The van der Waals surface area contributed by atoms with Gasteiger partial charge in [0.1, 0.15) is 0 Å². The maximum absolute atomic E-state index is 12.5. The van der Waals surface area contributed by atoms with E-state index in [0.29, 0.717) is 16.3 Å². The number of halogens is 1. The molecule has 0 atom stereocenters. The molecule has 0 unspecified atom stereocenters. The monoisotopic (exact) mass is 380 g/mol. The highest BCUT2D eigenvalue weighted by molar-refractivity contribution is 6.31. The molecule has 0 radical (unpaired) electrons. The molecule has 3 aromatic rings. The maximum atomic E-state index is 12.5. The van der Waals surface area contributed by atoms with Gasteiger partial charge in [-0.3, -0.25) is 14.8 Å². The summed E-state index contributed by atoms with van der Waals surface area (Å²) in [4.78, 5) is 22.9. The third-order valence-electron chi connectivity index (χ3n) is 4.34. The summed E-state index contributed by atoms with van der Waals surface area (Å²) in [5, 5.41) is 3.48. The van der Waals surface area contributed by atoms with Crippen LogP contribution in [-0.4, -0.2) is 29.5 Å². The highest BCUT2D eigenvalue weighted by atomic mass is 35.5. The number of pyridine rings is 2. The van der Waals surface area contributed by atoms with Crippen LogP contribution in [0.5, 0.6) is 0 Å². The molecule has 0 saturated heterocycles. The number of hydrogen-bond donors (Lipinski definition) is 1. The van der Waals surface area contributed by atoms with Crippen LogP contribution in [0.3, 0.4) is 0 Å². The Morgan fingerprint density at radius 2 is 1.89 bits per heavy atom. The summed E-state index contributed by atoms with van der Waals surface area (Å²) in [5.41, 5.74) is 4.23. The first-order valence-corrected chi connectivity index (χ1v) is 9.03. The standard InChI is InChI=1S/C21H21ClN4O/c1-15-3-4-18(12-20(15)22)25-21(27)17-11-19(14-24-13-17)26(2)10-7-16-5-8-23-9-6-16/h3-6,8-9,11-14H,7,10H2,1-2H3,(H,25,27). The van der Waals surface area contributed by atoms with Crippen molar-refractivity contribution in [2.24, 2.45) is 0 Å². The topological polar surface area (TPSA) is 58.1 Å². The lowest BCUT2D eigenvalue weighted by Crippen LogP contribution is -2.21. The molecular weight excluding hydrogens is 360 g/mol. The summed E-state index contributed by atoms with van der Waals surface area (Å²) in [6.45, 7) is 2.73. The van der Waals surface area contributed by atoms with E-state index in [0.717, 1.165) is 24.2 Å². The van der Waals surface area contributed by atoms with Gasteiger partial charge >= 0.3 is 0 Å². The fourth-order valence-corrected chi connectivity index (χ4v) is 2.79. The number of anilines is 2. The number of aromatic nitrogens is 2. The fraction of sp³-hybridized carbons (Fsp3) is 0.190. The average Bonchev–Trinajstić information content (AvgIpc) is 2.70. The van der Waals surface area contributed by atoms with E-state index in [4.69, 9.17) is 11.6 Å². The molecule has 3 rings (SSSR count). The van der Waals surface area contributed by atoms with Crippen LogP contribution in [-0.2, 0) is 6.42 Å². The Kier molecular flexibility index (Phi) is 6.04. The molecule has 138 valence electrons. The number of benzene rings is 1. The minimum absolute atomic E-state index is 0.216. The Bertz CT molecular complexity index is 930. The van der Waals surface area contributed by atoms with Crippen LogP contribution in [0.15, 0.2) is 61.2 Å². The van der Waals surface area contributed by atoms with E-state index in [9.17, 15) is 4.79 Å². The van der Waals surface area contributed by atoms with Crippen molar-refractivity contribution in [1.82, 2.24) is 9.97 Å². The van der Waals surface area contributed by atoms with Gasteiger partial charge in [0, 0.05) is 42.9 Å². The molecule has 1 aromatic carbocycles. The van der Waals surface area contributed by atoms with Gasteiger partial charge in [-0.15, -0.1) is 0 Å². The number of rotatable bonds is 6. The van der Waals surface area contributed by atoms with E-state index in [-0.39, 0.29) is 5.91 Å². The van der Waals surface area contributed by atoms with Crippen molar-refractivity contribution in [3.8, 4) is 0 Å². The second-order valence-electron chi connectivity index (χ2n) is 6.38. The quantitative estimate of drug-likeness (QED) is 0.689. The minimum atomic E-state index is -0.216. The van der Waals surface area contributed by atoms with Crippen molar-refractivity contribution in [3.63, 3.8) is 0 Å². The van der Waals surface area contributed by atoms with E-state index in [2.05, 4.69) is 20.2 Å². The first-order valence-electron chi connectivity index (χ1n) is 8.65. The molecule has 0 spiro atoms. The van der Waals surface area contributed by atoms with Gasteiger partial charge in [0.05, 0.1) is 17.4 Å².